The molecule has 4 rings (SSSR count). The van der Waals surface area contributed by atoms with Crippen molar-refractivity contribution in [3.8, 4) is 0 Å². The van der Waals surface area contributed by atoms with E-state index in [2.05, 4.69) is 15.5 Å². The summed E-state index contributed by atoms with van der Waals surface area (Å²) in [6.07, 6.45) is 2.36. The van der Waals surface area contributed by atoms with E-state index in [0.29, 0.717) is 25.6 Å². The fourth-order valence-electron chi connectivity index (χ4n) is 3.31. The predicted octanol–water partition coefficient (Wildman–Crippen LogP) is 6.59. The van der Waals surface area contributed by atoms with Gasteiger partial charge < -0.3 is 10.2 Å². The van der Waals surface area contributed by atoms with Crippen molar-refractivity contribution in [2.75, 3.05) is 23.3 Å². The van der Waals surface area contributed by atoms with Gasteiger partial charge in [0.1, 0.15) is 4.88 Å². The number of rotatable bonds is 3. The topological polar surface area (TPSA) is 44.4 Å². The summed E-state index contributed by atoms with van der Waals surface area (Å²) in [7, 11) is 0. The number of carbonyl (C=O) groups is 1. The Kier molecular flexibility index (Phi) is 6.18. The Labute approximate surface area is 192 Å². The Balaban J connectivity index is 1.45. The molecule has 0 saturated carbocycles. The van der Waals surface area contributed by atoms with Gasteiger partial charge in [0.2, 0.25) is 0 Å². The minimum atomic E-state index is -0.371. The molecule has 1 aliphatic heterocycles. The van der Waals surface area contributed by atoms with Crippen LogP contribution < -0.4 is 15.5 Å². The van der Waals surface area contributed by atoms with Gasteiger partial charge in [-0.1, -0.05) is 40.9 Å². The monoisotopic (exact) mass is 483 g/mol. The number of hydrogen-bond donors (Lipinski definition) is 2. The number of halogens is 3. The van der Waals surface area contributed by atoms with Crippen molar-refractivity contribution < 1.29 is 4.79 Å². The highest BCUT2D eigenvalue weighted by atomic mass is 35.5. The summed E-state index contributed by atoms with van der Waals surface area (Å²) in [6, 6.07) is 11.0. The molecule has 0 aliphatic carbocycles. The van der Waals surface area contributed by atoms with E-state index in [1.54, 1.807) is 18.2 Å². The summed E-state index contributed by atoms with van der Waals surface area (Å²) in [4.78, 5) is 15.3. The molecule has 1 aliphatic rings. The molecule has 4 nitrogen and oxygen atoms in total. The molecule has 1 amide bonds. The van der Waals surface area contributed by atoms with E-state index >= 15 is 0 Å². The molecule has 0 bridgehead atoms. The van der Waals surface area contributed by atoms with Crippen molar-refractivity contribution >= 4 is 90.8 Å². The lowest BCUT2D eigenvalue weighted by Crippen LogP contribution is -2.33. The standard InChI is InChI=1S/C20H16Cl3N3OS2/c21-11-3-5-13-16(9-11)29-18(17(13)23)19(27)25-20(28)24-12-4-6-15(14(22)10-12)26-7-1-2-8-26/h3-6,9-10H,1-2,7-8H2,(H2,24,25,27,28). The van der Waals surface area contributed by atoms with Crippen LogP contribution in [0.25, 0.3) is 10.1 Å². The second kappa shape index (κ2) is 8.66. The van der Waals surface area contributed by atoms with Crippen molar-refractivity contribution in [1.29, 1.82) is 0 Å². The average molecular weight is 485 g/mol. The summed E-state index contributed by atoms with van der Waals surface area (Å²) in [5, 5.41) is 8.26. The number of fused-ring (bicyclic) bond motifs is 1. The fourth-order valence-corrected chi connectivity index (χ4v) is 5.51. The number of nitrogens with one attached hydrogen (secondary N) is 2. The van der Waals surface area contributed by atoms with Crippen molar-refractivity contribution in [3.63, 3.8) is 0 Å². The molecule has 2 aromatic carbocycles. The molecule has 1 fully saturated rings. The Morgan fingerprint density at radius 3 is 2.55 bits per heavy atom. The molecular formula is C20H16Cl3N3OS2. The molecule has 2 N–H and O–H groups in total. The lowest BCUT2D eigenvalue weighted by atomic mass is 10.2. The van der Waals surface area contributed by atoms with Crippen molar-refractivity contribution in [2.24, 2.45) is 0 Å². The molecule has 29 heavy (non-hydrogen) atoms. The maximum Gasteiger partial charge on any atom is 0.269 e. The predicted molar refractivity (Wildman–Crippen MR) is 128 cm³/mol. The van der Waals surface area contributed by atoms with E-state index in [9.17, 15) is 4.79 Å². The highest BCUT2D eigenvalue weighted by molar-refractivity contribution is 7.80. The minimum absolute atomic E-state index is 0.173. The van der Waals surface area contributed by atoms with Gasteiger partial charge in [0, 0.05) is 33.9 Å². The smallest absolute Gasteiger partial charge is 0.269 e. The van der Waals surface area contributed by atoms with E-state index in [1.807, 2.05) is 18.2 Å². The molecule has 1 saturated heterocycles. The number of amides is 1. The van der Waals surface area contributed by atoms with Gasteiger partial charge in [-0.2, -0.15) is 0 Å². The zero-order valence-corrected chi connectivity index (χ0v) is 19.0. The molecule has 0 atom stereocenters. The van der Waals surface area contributed by atoms with Crippen molar-refractivity contribution in [3.05, 3.63) is 56.3 Å². The summed E-state index contributed by atoms with van der Waals surface area (Å²) >= 11 is 25.4. The highest BCUT2D eigenvalue weighted by Gasteiger charge is 2.19. The summed E-state index contributed by atoms with van der Waals surface area (Å²) in [5.41, 5.74) is 1.72. The van der Waals surface area contributed by atoms with Crippen LogP contribution >= 0.6 is 58.4 Å². The van der Waals surface area contributed by atoms with Gasteiger partial charge in [0.15, 0.2) is 5.11 Å². The van der Waals surface area contributed by atoms with E-state index in [4.69, 9.17) is 47.0 Å². The van der Waals surface area contributed by atoms with Gasteiger partial charge in [-0.3, -0.25) is 10.1 Å². The fraction of sp³-hybridized carbons (Fsp3) is 0.200. The highest BCUT2D eigenvalue weighted by Crippen LogP contribution is 2.36. The zero-order chi connectivity index (χ0) is 20.5. The number of thiophene rings is 1. The third kappa shape index (κ3) is 4.47. The zero-order valence-electron chi connectivity index (χ0n) is 15.1. The second-order valence-corrected chi connectivity index (χ2v) is 9.34. The first-order valence-electron chi connectivity index (χ1n) is 8.97. The maximum absolute atomic E-state index is 12.6. The summed E-state index contributed by atoms with van der Waals surface area (Å²) < 4.78 is 0.843. The lowest BCUT2D eigenvalue weighted by molar-refractivity contribution is 0.0982. The molecule has 1 aromatic heterocycles. The average Bonchev–Trinajstić information content (AvgIpc) is 3.30. The van der Waals surface area contributed by atoms with Gasteiger partial charge in [-0.05, 0) is 55.4 Å². The summed E-state index contributed by atoms with van der Waals surface area (Å²) in [5.74, 6) is -0.371. The Morgan fingerprint density at radius 1 is 1.07 bits per heavy atom. The first-order chi connectivity index (χ1) is 13.9. The largest absolute Gasteiger partial charge is 0.370 e. The second-order valence-electron chi connectivity index (χ2n) is 6.65. The van der Waals surface area contributed by atoms with Crippen LogP contribution in [0.1, 0.15) is 22.5 Å². The number of hydrogen-bond acceptors (Lipinski definition) is 4. The quantitative estimate of drug-likeness (QED) is 0.412. The van der Waals surface area contributed by atoms with E-state index in [-0.39, 0.29) is 11.0 Å². The van der Waals surface area contributed by atoms with Crippen LogP contribution in [0.4, 0.5) is 11.4 Å². The van der Waals surface area contributed by atoms with Crippen LogP contribution in [-0.4, -0.2) is 24.1 Å². The van der Waals surface area contributed by atoms with Crippen LogP contribution in [0.2, 0.25) is 15.1 Å². The molecule has 2 heterocycles. The van der Waals surface area contributed by atoms with Crippen LogP contribution in [-0.2, 0) is 0 Å². The Bertz CT molecular complexity index is 1110. The van der Waals surface area contributed by atoms with E-state index in [1.165, 1.54) is 24.2 Å². The molecule has 3 aromatic rings. The minimum Gasteiger partial charge on any atom is -0.370 e. The normalized spacial score (nSPS) is 13.7. The maximum atomic E-state index is 12.6. The molecule has 9 heteroatoms. The number of thiocarbonyl (C=S) groups is 1. The van der Waals surface area contributed by atoms with Crippen LogP contribution in [0.3, 0.4) is 0 Å². The lowest BCUT2D eigenvalue weighted by Gasteiger charge is -2.20. The van der Waals surface area contributed by atoms with Crippen molar-refractivity contribution in [1.82, 2.24) is 5.32 Å². The summed E-state index contributed by atoms with van der Waals surface area (Å²) in [6.45, 7) is 2.03. The molecule has 0 spiro atoms. The molecular weight excluding hydrogens is 469 g/mol. The third-order valence-electron chi connectivity index (χ3n) is 4.68. The molecule has 0 unspecified atom stereocenters. The molecule has 150 valence electrons. The molecule has 0 radical (unpaired) electrons. The van der Waals surface area contributed by atoms with E-state index < -0.39 is 0 Å². The van der Waals surface area contributed by atoms with Gasteiger partial charge in [-0.15, -0.1) is 11.3 Å². The number of anilines is 2. The Morgan fingerprint density at radius 2 is 1.83 bits per heavy atom. The Hall–Kier alpha value is -1.57. The van der Waals surface area contributed by atoms with E-state index in [0.717, 1.165) is 28.9 Å². The SMILES string of the molecule is O=C(NC(=S)Nc1ccc(N2CCCC2)c(Cl)c1)c1sc2cc(Cl)ccc2c1Cl. The van der Waals surface area contributed by atoms with Crippen LogP contribution in [0.15, 0.2) is 36.4 Å². The first-order valence-corrected chi connectivity index (χ1v) is 11.3. The number of carbonyl (C=O) groups excluding carboxylic acids is 1. The van der Waals surface area contributed by atoms with Crippen LogP contribution in [0, 0.1) is 0 Å². The van der Waals surface area contributed by atoms with Gasteiger partial charge in [0.05, 0.1) is 15.7 Å². The van der Waals surface area contributed by atoms with Gasteiger partial charge >= 0.3 is 0 Å². The first kappa shape index (κ1) is 20.7. The third-order valence-corrected chi connectivity index (χ3v) is 7.08. The van der Waals surface area contributed by atoms with Crippen LogP contribution in [0.5, 0.6) is 0 Å². The van der Waals surface area contributed by atoms with Crippen molar-refractivity contribution in [2.45, 2.75) is 12.8 Å². The number of nitrogens with zero attached hydrogens (tertiary/aromatic N) is 1. The number of benzene rings is 2. The van der Waals surface area contributed by atoms with Gasteiger partial charge in [-0.25, -0.2) is 0 Å². The van der Waals surface area contributed by atoms with Gasteiger partial charge in [0.25, 0.3) is 5.91 Å².